The molecule has 122 valence electrons. The number of benzene rings is 1. The summed E-state index contributed by atoms with van der Waals surface area (Å²) in [7, 11) is 1.49. The molecule has 3 rings (SSSR count). The molecule has 0 unspecified atom stereocenters. The van der Waals surface area contributed by atoms with Gasteiger partial charge in [-0.15, -0.1) is 0 Å². The second-order valence-corrected chi connectivity index (χ2v) is 7.07. The summed E-state index contributed by atoms with van der Waals surface area (Å²) in [5.41, 5.74) is 1.36. The van der Waals surface area contributed by atoms with Gasteiger partial charge in [0.15, 0.2) is 0 Å². The van der Waals surface area contributed by atoms with Crippen LogP contribution in [0.3, 0.4) is 0 Å². The Morgan fingerprint density at radius 3 is 2.78 bits per heavy atom. The summed E-state index contributed by atoms with van der Waals surface area (Å²) in [5, 5.41) is 4.60. The maximum absolute atomic E-state index is 14.2. The van der Waals surface area contributed by atoms with Gasteiger partial charge >= 0.3 is 0 Å². The molecule has 1 saturated carbocycles. The van der Waals surface area contributed by atoms with Gasteiger partial charge in [0.05, 0.1) is 5.69 Å². The van der Waals surface area contributed by atoms with Crippen LogP contribution in [0, 0.1) is 12.9 Å². The van der Waals surface area contributed by atoms with Crippen molar-refractivity contribution in [3.8, 4) is 0 Å². The van der Waals surface area contributed by atoms with Gasteiger partial charge in [0.25, 0.3) is 5.91 Å². The number of hydrogen-bond acceptors (Lipinski definition) is 2. The molecule has 1 aliphatic rings. The zero-order chi connectivity index (χ0) is 16.7. The molecule has 1 amide bonds. The summed E-state index contributed by atoms with van der Waals surface area (Å²) < 4.78 is 16.2. The third kappa shape index (κ3) is 3.28. The Bertz CT molecular complexity index is 773. The molecule has 0 atom stereocenters. The van der Waals surface area contributed by atoms with E-state index in [9.17, 15) is 9.18 Å². The Kier molecular flexibility index (Phi) is 4.47. The van der Waals surface area contributed by atoms with Crippen molar-refractivity contribution >= 4 is 33.4 Å². The molecule has 1 fully saturated rings. The Labute approximate surface area is 147 Å². The average Bonchev–Trinajstić information content (AvgIpc) is 3.28. The highest BCUT2D eigenvalue weighted by Crippen LogP contribution is 2.32. The van der Waals surface area contributed by atoms with Crippen molar-refractivity contribution in [1.29, 1.82) is 0 Å². The molecule has 1 heterocycles. The normalized spacial score (nSPS) is 14.1. The molecular weight excluding hydrogens is 385 g/mol. The molecular formula is C16H16BrClFN3O. The van der Waals surface area contributed by atoms with E-state index in [-0.39, 0.29) is 17.5 Å². The average molecular weight is 401 g/mol. The minimum absolute atomic E-state index is 0.0533. The number of hydrogen-bond donors (Lipinski definition) is 0. The fourth-order valence-electron chi connectivity index (χ4n) is 2.62. The molecule has 0 spiro atoms. The first kappa shape index (κ1) is 16.5. The van der Waals surface area contributed by atoms with E-state index in [0.717, 1.165) is 27.6 Å². The van der Waals surface area contributed by atoms with Gasteiger partial charge in [0.1, 0.15) is 5.56 Å². The van der Waals surface area contributed by atoms with Gasteiger partial charge in [0, 0.05) is 29.1 Å². The summed E-state index contributed by atoms with van der Waals surface area (Å²) in [5.74, 6) is -0.911. The van der Waals surface area contributed by atoms with Crippen LogP contribution < -0.4 is 0 Å². The van der Waals surface area contributed by atoms with Gasteiger partial charge < -0.3 is 4.90 Å². The lowest BCUT2D eigenvalue weighted by Crippen LogP contribution is -2.33. The number of aryl methyl sites for hydroxylation is 2. The third-order valence-corrected chi connectivity index (χ3v) is 4.97. The number of aromatic nitrogens is 2. The predicted octanol–water partition coefficient (Wildman–Crippen LogP) is 4.09. The second kappa shape index (κ2) is 6.24. The van der Waals surface area contributed by atoms with E-state index < -0.39 is 5.95 Å². The van der Waals surface area contributed by atoms with Crippen molar-refractivity contribution in [1.82, 2.24) is 14.7 Å². The van der Waals surface area contributed by atoms with E-state index in [0.29, 0.717) is 17.3 Å². The maximum atomic E-state index is 14.2. The summed E-state index contributed by atoms with van der Waals surface area (Å²) in [6, 6.07) is 5.60. The Morgan fingerprint density at radius 1 is 1.52 bits per heavy atom. The van der Waals surface area contributed by atoms with Gasteiger partial charge in [-0.1, -0.05) is 27.5 Å². The maximum Gasteiger partial charge on any atom is 0.260 e. The van der Waals surface area contributed by atoms with E-state index >= 15 is 0 Å². The highest BCUT2D eigenvalue weighted by atomic mass is 79.9. The lowest BCUT2D eigenvalue weighted by molar-refractivity contribution is 0.0723. The van der Waals surface area contributed by atoms with Gasteiger partial charge in [-0.25, -0.2) is 4.68 Å². The molecule has 23 heavy (non-hydrogen) atoms. The van der Waals surface area contributed by atoms with Crippen molar-refractivity contribution in [2.75, 3.05) is 0 Å². The summed E-state index contributed by atoms with van der Waals surface area (Å²) in [6.07, 6.45) is 1.87. The van der Waals surface area contributed by atoms with Gasteiger partial charge in [0.2, 0.25) is 5.95 Å². The zero-order valence-electron chi connectivity index (χ0n) is 12.8. The highest BCUT2D eigenvalue weighted by molar-refractivity contribution is 9.10. The van der Waals surface area contributed by atoms with Gasteiger partial charge in [-0.05, 0) is 43.5 Å². The second-order valence-electron chi connectivity index (χ2n) is 5.77. The molecule has 1 aromatic carbocycles. The van der Waals surface area contributed by atoms with Crippen LogP contribution in [0.2, 0.25) is 5.02 Å². The van der Waals surface area contributed by atoms with Crippen molar-refractivity contribution < 1.29 is 9.18 Å². The smallest absolute Gasteiger partial charge is 0.260 e. The number of carbonyl (C=O) groups excluding carboxylic acids is 1. The Hall–Kier alpha value is -1.40. The van der Waals surface area contributed by atoms with E-state index in [2.05, 4.69) is 21.0 Å². The first-order chi connectivity index (χ1) is 10.9. The van der Waals surface area contributed by atoms with Crippen LogP contribution in [0.4, 0.5) is 4.39 Å². The van der Waals surface area contributed by atoms with Crippen LogP contribution >= 0.6 is 27.5 Å². The molecule has 4 nitrogen and oxygen atoms in total. The topological polar surface area (TPSA) is 38.1 Å². The fraction of sp³-hybridized carbons (Fsp3) is 0.375. The molecule has 0 aliphatic heterocycles. The fourth-order valence-corrected chi connectivity index (χ4v) is 3.18. The molecule has 0 saturated heterocycles. The Morgan fingerprint density at radius 2 is 2.22 bits per heavy atom. The van der Waals surface area contributed by atoms with E-state index in [4.69, 9.17) is 11.6 Å². The summed E-state index contributed by atoms with van der Waals surface area (Å²) in [4.78, 5) is 14.6. The summed E-state index contributed by atoms with van der Waals surface area (Å²) in [6.45, 7) is 2.04. The molecule has 7 heteroatoms. The van der Waals surface area contributed by atoms with Crippen LogP contribution in [0.15, 0.2) is 22.7 Å². The quantitative estimate of drug-likeness (QED) is 0.775. The van der Waals surface area contributed by atoms with Crippen LogP contribution in [0.1, 0.15) is 34.5 Å². The van der Waals surface area contributed by atoms with Crippen LogP contribution in [0.25, 0.3) is 0 Å². The molecule has 1 aliphatic carbocycles. The van der Waals surface area contributed by atoms with Crippen molar-refractivity contribution in [3.05, 3.63) is 50.5 Å². The Balaban J connectivity index is 1.93. The minimum Gasteiger partial charge on any atom is -0.331 e. The van der Waals surface area contributed by atoms with Crippen LogP contribution in [-0.2, 0) is 13.6 Å². The SMILES string of the molecule is Cc1nn(C)c(F)c1C(=O)N(Cc1cc(Cl)ccc1Br)C1CC1. The van der Waals surface area contributed by atoms with E-state index in [1.807, 2.05) is 12.1 Å². The lowest BCUT2D eigenvalue weighted by atomic mass is 10.1. The van der Waals surface area contributed by atoms with Crippen molar-refractivity contribution in [2.24, 2.45) is 7.05 Å². The zero-order valence-corrected chi connectivity index (χ0v) is 15.2. The summed E-state index contributed by atoms with van der Waals surface area (Å²) >= 11 is 9.53. The monoisotopic (exact) mass is 399 g/mol. The van der Waals surface area contributed by atoms with Crippen molar-refractivity contribution in [2.45, 2.75) is 32.4 Å². The lowest BCUT2D eigenvalue weighted by Gasteiger charge is -2.23. The first-order valence-corrected chi connectivity index (χ1v) is 8.49. The molecule has 2 aromatic rings. The standard InChI is InChI=1S/C16H16BrClFN3O/c1-9-14(15(19)21(2)20-9)16(23)22(12-4-5-12)8-10-7-11(18)3-6-13(10)17/h3,6-7,12H,4-5,8H2,1-2H3. The van der Waals surface area contributed by atoms with Crippen LogP contribution in [0.5, 0.6) is 0 Å². The number of rotatable bonds is 4. The van der Waals surface area contributed by atoms with Gasteiger partial charge in [-0.3, -0.25) is 4.79 Å². The molecule has 0 radical (unpaired) electrons. The number of nitrogens with zero attached hydrogens (tertiary/aromatic N) is 3. The molecule has 0 N–H and O–H groups in total. The third-order valence-electron chi connectivity index (χ3n) is 3.96. The molecule has 1 aromatic heterocycles. The first-order valence-electron chi connectivity index (χ1n) is 7.32. The predicted molar refractivity (Wildman–Crippen MR) is 90.0 cm³/mol. The minimum atomic E-state index is -0.594. The van der Waals surface area contributed by atoms with Crippen molar-refractivity contribution in [3.63, 3.8) is 0 Å². The van der Waals surface area contributed by atoms with E-state index in [1.165, 1.54) is 7.05 Å². The number of carbonyl (C=O) groups is 1. The highest BCUT2D eigenvalue weighted by Gasteiger charge is 2.36. The van der Waals surface area contributed by atoms with Gasteiger partial charge in [-0.2, -0.15) is 9.49 Å². The van der Waals surface area contributed by atoms with Crippen LogP contribution in [-0.4, -0.2) is 26.6 Å². The number of halogens is 3. The largest absolute Gasteiger partial charge is 0.331 e. The van der Waals surface area contributed by atoms with E-state index in [1.54, 1.807) is 17.9 Å². The number of amides is 1. The molecule has 0 bridgehead atoms.